The molecule has 1 N–H and O–H groups in total. The van der Waals surface area contributed by atoms with Gasteiger partial charge in [-0.15, -0.1) is 11.3 Å². The van der Waals surface area contributed by atoms with Gasteiger partial charge >= 0.3 is 0 Å². The van der Waals surface area contributed by atoms with E-state index in [1.54, 1.807) is 72.9 Å². The number of carbonyl (C=O) groups is 1. The van der Waals surface area contributed by atoms with E-state index in [2.05, 4.69) is 14.7 Å². The molecule has 0 amide bonds. The van der Waals surface area contributed by atoms with Crippen LogP contribution in [-0.4, -0.2) is 24.2 Å². The molecule has 2 heterocycles. The van der Waals surface area contributed by atoms with Gasteiger partial charge in [0.2, 0.25) is 5.78 Å². The molecule has 0 aliphatic carbocycles. The molecule has 5 rings (SSSR count). The molecule has 0 radical (unpaired) electrons. The normalized spacial score (nSPS) is 11.4. The Labute approximate surface area is 193 Å². The second-order valence-corrected chi connectivity index (χ2v) is 9.84. The highest BCUT2D eigenvalue weighted by Crippen LogP contribution is 2.29. The average Bonchev–Trinajstić information content (AvgIpc) is 3.26. The maximum absolute atomic E-state index is 13.1. The number of rotatable bonds is 5. The molecule has 0 aliphatic heterocycles. The number of hydrogen-bond acceptors (Lipinski definition) is 7. The van der Waals surface area contributed by atoms with Crippen molar-refractivity contribution in [3.05, 3.63) is 95.1 Å². The van der Waals surface area contributed by atoms with Crippen molar-refractivity contribution in [2.24, 2.45) is 0 Å². The van der Waals surface area contributed by atoms with Gasteiger partial charge in [-0.05, 0) is 54.6 Å². The summed E-state index contributed by atoms with van der Waals surface area (Å²) in [6.07, 6.45) is 1.55. The van der Waals surface area contributed by atoms with Crippen LogP contribution in [0.1, 0.15) is 20.9 Å². The summed E-state index contributed by atoms with van der Waals surface area (Å²) in [5.41, 5.74) is 2.12. The summed E-state index contributed by atoms with van der Waals surface area (Å²) in [7, 11) is -3.90. The Bertz CT molecular complexity index is 1680. The number of sulfonamides is 1. The summed E-state index contributed by atoms with van der Waals surface area (Å²) in [6, 6.07) is 21.8. The quantitative estimate of drug-likeness (QED) is 0.371. The van der Waals surface area contributed by atoms with E-state index in [4.69, 9.17) is 5.26 Å². The minimum absolute atomic E-state index is 0.0793. The van der Waals surface area contributed by atoms with Gasteiger partial charge < -0.3 is 0 Å². The summed E-state index contributed by atoms with van der Waals surface area (Å²) >= 11 is 1.22. The maximum Gasteiger partial charge on any atom is 0.264 e. The van der Waals surface area contributed by atoms with E-state index in [0.717, 1.165) is 10.1 Å². The highest BCUT2D eigenvalue weighted by atomic mass is 32.2. The van der Waals surface area contributed by atoms with E-state index in [1.165, 1.54) is 17.4 Å². The third-order valence-corrected chi connectivity index (χ3v) is 7.44. The summed E-state index contributed by atoms with van der Waals surface area (Å²) in [5, 5.41) is 9.92. The van der Waals surface area contributed by atoms with Crippen molar-refractivity contribution in [3.8, 4) is 6.07 Å². The predicted octanol–water partition coefficient (Wildman–Crippen LogP) is 4.75. The lowest BCUT2D eigenvalue weighted by Crippen LogP contribution is -2.13. The molecule has 0 spiro atoms. The molecule has 2 aromatic heterocycles. The molecule has 0 fully saturated rings. The zero-order valence-electron chi connectivity index (χ0n) is 16.9. The van der Waals surface area contributed by atoms with Crippen LogP contribution in [0.5, 0.6) is 0 Å². The molecule has 0 atom stereocenters. The Morgan fingerprint density at radius 1 is 1.00 bits per heavy atom. The van der Waals surface area contributed by atoms with Crippen LogP contribution in [0.15, 0.2) is 83.9 Å². The van der Waals surface area contributed by atoms with E-state index < -0.39 is 10.0 Å². The third-order valence-electron chi connectivity index (χ3n) is 5.00. The van der Waals surface area contributed by atoms with Crippen LogP contribution in [-0.2, 0) is 10.0 Å². The Morgan fingerprint density at radius 2 is 1.79 bits per heavy atom. The molecule has 5 aromatic rings. The lowest BCUT2D eigenvalue weighted by atomic mass is 10.1. The number of nitrogens with zero attached hydrogens (tertiary/aromatic N) is 3. The number of benzene rings is 3. The van der Waals surface area contributed by atoms with Gasteiger partial charge in [0.05, 0.1) is 33.1 Å². The first-order chi connectivity index (χ1) is 15.9. The first kappa shape index (κ1) is 20.8. The van der Waals surface area contributed by atoms with Crippen LogP contribution in [0.4, 0.5) is 5.69 Å². The van der Waals surface area contributed by atoms with Gasteiger partial charge in [0, 0.05) is 17.1 Å². The van der Waals surface area contributed by atoms with Gasteiger partial charge in [-0.1, -0.05) is 18.2 Å². The topological polar surface area (TPSA) is 113 Å². The SMILES string of the molecule is N#Cc1ccc(C(=O)c2nc3cc(NS(=O)(=O)c4cccc5cccnc45)ccc3s2)cc1. The minimum atomic E-state index is -3.90. The number of hydrogen-bond donors (Lipinski definition) is 1. The van der Waals surface area contributed by atoms with E-state index >= 15 is 0 Å². The van der Waals surface area contributed by atoms with Crippen molar-refractivity contribution < 1.29 is 13.2 Å². The molecule has 0 aliphatic rings. The van der Waals surface area contributed by atoms with Crippen LogP contribution in [0.2, 0.25) is 0 Å². The highest BCUT2D eigenvalue weighted by molar-refractivity contribution is 7.93. The number of carbonyl (C=O) groups excluding carboxylic acids is 1. The summed E-state index contributed by atoms with van der Waals surface area (Å²) in [5.74, 6) is -0.260. The third kappa shape index (κ3) is 3.93. The fourth-order valence-electron chi connectivity index (χ4n) is 3.41. The molecule has 9 heteroatoms. The summed E-state index contributed by atoms with van der Waals surface area (Å²) < 4.78 is 29.4. The minimum Gasteiger partial charge on any atom is -0.286 e. The standard InChI is InChI=1S/C24H14N4O3S2/c25-14-15-6-8-17(9-7-15)23(29)24-27-19-13-18(10-11-20(19)32-24)28-33(30,31)21-5-1-3-16-4-2-12-26-22(16)21/h1-13,28H. The summed E-state index contributed by atoms with van der Waals surface area (Å²) in [6.45, 7) is 0. The molecule has 0 saturated carbocycles. The lowest BCUT2D eigenvalue weighted by Gasteiger charge is -2.10. The average molecular weight is 471 g/mol. The van der Waals surface area contributed by atoms with Crippen LogP contribution < -0.4 is 4.72 Å². The number of pyridine rings is 1. The van der Waals surface area contributed by atoms with Crippen LogP contribution in [0.25, 0.3) is 21.1 Å². The van der Waals surface area contributed by atoms with Crippen LogP contribution in [0.3, 0.4) is 0 Å². The predicted molar refractivity (Wildman–Crippen MR) is 127 cm³/mol. The molecule has 7 nitrogen and oxygen atoms in total. The van der Waals surface area contributed by atoms with Crippen molar-refractivity contribution in [2.45, 2.75) is 4.90 Å². The van der Waals surface area contributed by atoms with Gasteiger partial charge in [-0.2, -0.15) is 5.26 Å². The molecular weight excluding hydrogens is 456 g/mol. The fourth-order valence-corrected chi connectivity index (χ4v) is 5.55. The number of fused-ring (bicyclic) bond motifs is 2. The molecule has 160 valence electrons. The molecule has 0 unspecified atom stereocenters. The van der Waals surface area contributed by atoms with Crippen molar-refractivity contribution in [2.75, 3.05) is 4.72 Å². The second kappa shape index (κ2) is 8.09. The number of ketones is 1. The van der Waals surface area contributed by atoms with Crippen molar-refractivity contribution in [1.82, 2.24) is 9.97 Å². The fraction of sp³-hybridized carbons (Fsp3) is 0. The van der Waals surface area contributed by atoms with Crippen molar-refractivity contribution in [1.29, 1.82) is 5.26 Å². The van der Waals surface area contributed by atoms with Crippen molar-refractivity contribution in [3.63, 3.8) is 0 Å². The van der Waals surface area contributed by atoms with E-state index in [9.17, 15) is 13.2 Å². The van der Waals surface area contributed by atoms with Gasteiger partial charge in [-0.25, -0.2) is 13.4 Å². The Morgan fingerprint density at radius 3 is 2.58 bits per heavy atom. The second-order valence-electron chi connectivity index (χ2n) is 7.16. The zero-order chi connectivity index (χ0) is 23.0. The first-order valence-electron chi connectivity index (χ1n) is 9.77. The number of aromatic nitrogens is 2. The zero-order valence-corrected chi connectivity index (χ0v) is 18.5. The number of nitrogens with one attached hydrogen (secondary N) is 1. The van der Waals surface area contributed by atoms with E-state index in [1.807, 2.05) is 6.07 Å². The molecular formula is C24H14N4O3S2. The lowest BCUT2D eigenvalue weighted by molar-refractivity contribution is 0.103. The van der Waals surface area contributed by atoms with E-state index in [-0.39, 0.29) is 15.7 Å². The van der Waals surface area contributed by atoms with Crippen molar-refractivity contribution >= 4 is 54.0 Å². The van der Waals surface area contributed by atoms with Crippen LogP contribution >= 0.6 is 11.3 Å². The maximum atomic E-state index is 13.1. The Kier molecular flexibility index (Phi) is 5.09. The number of para-hydroxylation sites is 1. The van der Waals surface area contributed by atoms with Gasteiger partial charge in [0.1, 0.15) is 4.90 Å². The highest BCUT2D eigenvalue weighted by Gasteiger charge is 2.20. The van der Waals surface area contributed by atoms with Crippen LogP contribution in [0, 0.1) is 11.3 Å². The van der Waals surface area contributed by atoms with Gasteiger partial charge in [0.25, 0.3) is 10.0 Å². The number of nitriles is 1. The largest absolute Gasteiger partial charge is 0.286 e. The number of anilines is 1. The number of thiazole rings is 1. The van der Waals surface area contributed by atoms with Gasteiger partial charge in [-0.3, -0.25) is 14.5 Å². The summed E-state index contributed by atoms with van der Waals surface area (Å²) in [4.78, 5) is 21.5. The Balaban J connectivity index is 1.46. The van der Waals surface area contributed by atoms with Gasteiger partial charge in [0.15, 0.2) is 5.01 Å². The first-order valence-corrected chi connectivity index (χ1v) is 12.1. The molecule has 0 bridgehead atoms. The molecule has 3 aromatic carbocycles. The Hall–Kier alpha value is -4.13. The monoisotopic (exact) mass is 470 g/mol. The smallest absolute Gasteiger partial charge is 0.264 e. The van der Waals surface area contributed by atoms with E-state index in [0.29, 0.717) is 27.8 Å². The molecule has 0 saturated heterocycles. The molecule has 33 heavy (non-hydrogen) atoms.